The largest absolute Gasteiger partial charge is 0.455 e. The summed E-state index contributed by atoms with van der Waals surface area (Å²) in [6.45, 7) is 1.83. The van der Waals surface area contributed by atoms with Crippen molar-refractivity contribution in [3.05, 3.63) is 101 Å². The van der Waals surface area contributed by atoms with Crippen molar-refractivity contribution in [2.24, 2.45) is 0 Å². The highest BCUT2D eigenvalue weighted by Crippen LogP contribution is 2.40. The normalized spacial score (nSPS) is 12.9. The standard InChI is InChI=1S/C31H24F2N4O3/c1-17-3-4-19(31(39)37(21-9-10-21)22-13-14-35-36-16-22)15-24(17)23-11-12-25-26(28(23)33)27(30(38)34-2)29(40-25)18-5-7-20(32)8-6-18/h3-8,11-16,21H,9-10H2,1-2H3,(H,34,38). The number of hydrogen-bond donors (Lipinski definition) is 1. The second kappa shape index (κ2) is 10.00. The maximum Gasteiger partial charge on any atom is 0.258 e. The second-order valence-corrected chi connectivity index (χ2v) is 9.73. The van der Waals surface area contributed by atoms with Crippen LogP contribution in [0.4, 0.5) is 14.5 Å². The second-order valence-electron chi connectivity index (χ2n) is 9.73. The van der Waals surface area contributed by atoms with Gasteiger partial charge in [0.05, 0.1) is 29.0 Å². The number of furan rings is 1. The molecule has 0 unspecified atom stereocenters. The lowest BCUT2D eigenvalue weighted by atomic mass is 9.94. The molecule has 6 rings (SSSR count). The van der Waals surface area contributed by atoms with Crippen LogP contribution in [0, 0.1) is 18.6 Å². The highest BCUT2D eigenvalue weighted by Gasteiger charge is 2.35. The molecule has 1 aliphatic carbocycles. The Morgan fingerprint density at radius 1 is 0.975 bits per heavy atom. The molecule has 0 spiro atoms. The quantitative estimate of drug-likeness (QED) is 0.274. The van der Waals surface area contributed by atoms with Gasteiger partial charge in [-0.2, -0.15) is 10.2 Å². The first kappa shape index (κ1) is 25.4. The van der Waals surface area contributed by atoms with Gasteiger partial charge >= 0.3 is 0 Å². The Balaban J connectivity index is 1.48. The van der Waals surface area contributed by atoms with E-state index in [0.717, 1.165) is 18.4 Å². The van der Waals surface area contributed by atoms with E-state index in [1.807, 2.05) is 6.92 Å². The molecule has 0 atom stereocenters. The summed E-state index contributed by atoms with van der Waals surface area (Å²) in [4.78, 5) is 28.3. The van der Waals surface area contributed by atoms with Crippen molar-refractivity contribution in [2.45, 2.75) is 25.8 Å². The number of halogens is 2. The molecule has 1 saturated carbocycles. The van der Waals surface area contributed by atoms with Crippen LogP contribution in [0.25, 0.3) is 33.4 Å². The molecule has 0 saturated heterocycles. The van der Waals surface area contributed by atoms with Gasteiger partial charge in [-0.05, 0) is 85.5 Å². The third kappa shape index (κ3) is 4.39. The Morgan fingerprint density at radius 2 is 1.75 bits per heavy atom. The minimum absolute atomic E-state index is 0.00905. The van der Waals surface area contributed by atoms with E-state index >= 15 is 4.39 Å². The third-order valence-corrected chi connectivity index (χ3v) is 7.11. The number of fused-ring (bicyclic) bond motifs is 1. The predicted octanol–water partition coefficient (Wildman–Crippen LogP) is 6.31. The van der Waals surface area contributed by atoms with Gasteiger partial charge in [-0.25, -0.2) is 8.78 Å². The summed E-state index contributed by atoms with van der Waals surface area (Å²) < 4.78 is 35.9. The molecule has 0 aliphatic heterocycles. The van der Waals surface area contributed by atoms with E-state index in [0.29, 0.717) is 22.4 Å². The van der Waals surface area contributed by atoms with Crippen LogP contribution < -0.4 is 10.2 Å². The van der Waals surface area contributed by atoms with Gasteiger partial charge < -0.3 is 14.6 Å². The van der Waals surface area contributed by atoms with Crippen molar-refractivity contribution in [2.75, 3.05) is 11.9 Å². The van der Waals surface area contributed by atoms with E-state index in [1.54, 1.807) is 47.5 Å². The lowest BCUT2D eigenvalue weighted by Gasteiger charge is -2.22. The lowest BCUT2D eigenvalue weighted by molar-refractivity contribution is 0.0961. The minimum atomic E-state index is -0.654. The van der Waals surface area contributed by atoms with E-state index in [9.17, 15) is 14.0 Å². The van der Waals surface area contributed by atoms with E-state index in [4.69, 9.17) is 4.42 Å². The molecule has 3 aromatic carbocycles. The molecule has 2 heterocycles. The summed E-state index contributed by atoms with van der Waals surface area (Å²) in [6.07, 6.45) is 4.86. The summed E-state index contributed by atoms with van der Waals surface area (Å²) in [5.74, 6) is -1.72. The lowest BCUT2D eigenvalue weighted by Crippen LogP contribution is -2.33. The van der Waals surface area contributed by atoms with Crippen LogP contribution in [0.3, 0.4) is 0 Å². The summed E-state index contributed by atoms with van der Waals surface area (Å²) in [7, 11) is 1.44. The molecule has 1 fully saturated rings. The zero-order chi connectivity index (χ0) is 28.0. The summed E-state index contributed by atoms with van der Waals surface area (Å²) >= 11 is 0. The van der Waals surface area contributed by atoms with E-state index in [-0.39, 0.29) is 39.8 Å². The van der Waals surface area contributed by atoms with Gasteiger partial charge in [0.15, 0.2) is 0 Å². The molecule has 1 aliphatic rings. The average Bonchev–Trinajstić information content (AvgIpc) is 3.72. The zero-order valence-electron chi connectivity index (χ0n) is 21.7. The molecule has 2 aromatic heterocycles. The number of hydrogen-bond acceptors (Lipinski definition) is 5. The van der Waals surface area contributed by atoms with Crippen molar-refractivity contribution >= 4 is 28.5 Å². The van der Waals surface area contributed by atoms with Crippen molar-refractivity contribution in [3.8, 4) is 22.5 Å². The Morgan fingerprint density at radius 3 is 2.42 bits per heavy atom. The topological polar surface area (TPSA) is 88.3 Å². The number of carbonyl (C=O) groups is 2. The highest BCUT2D eigenvalue weighted by atomic mass is 19.1. The first-order chi connectivity index (χ1) is 19.4. The molecule has 7 nitrogen and oxygen atoms in total. The summed E-state index contributed by atoms with van der Waals surface area (Å²) in [5, 5.41) is 10.3. The van der Waals surface area contributed by atoms with Crippen LogP contribution in [0.1, 0.15) is 39.1 Å². The molecule has 2 amide bonds. The number of nitrogens with zero attached hydrogens (tertiary/aromatic N) is 3. The number of nitrogens with one attached hydrogen (secondary N) is 1. The van der Waals surface area contributed by atoms with Crippen LogP contribution in [0.5, 0.6) is 0 Å². The molecule has 200 valence electrons. The van der Waals surface area contributed by atoms with Crippen molar-refractivity contribution in [1.82, 2.24) is 15.5 Å². The van der Waals surface area contributed by atoms with Crippen molar-refractivity contribution in [1.29, 1.82) is 0 Å². The fraction of sp³-hybridized carbons (Fsp3) is 0.161. The van der Waals surface area contributed by atoms with Crippen LogP contribution >= 0.6 is 0 Å². The predicted molar refractivity (Wildman–Crippen MR) is 147 cm³/mol. The van der Waals surface area contributed by atoms with Gasteiger partial charge in [0.2, 0.25) is 0 Å². The van der Waals surface area contributed by atoms with Crippen molar-refractivity contribution < 1.29 is 22.8 Å². The summed E-state index contributed by atoms with van der Waals surface area (Å²) in [5.41, 5.74) is 3.16. The fourth-order valence-electron chi connectivity index (χ4n) is 4.94. The van der Waals surface area contributed by atoms with Gasteiger partial charge in [-0.15, -0.1) is 0 Å². The maximum absolute atomic E-state index is 16.4. The van der Waals surface area contributed by atoms with Gasteiger partial charge in [0.1, 0.15) is 23.0 Å². The zero-order valence-corrected chi connectivity index (χ0v) is 21.7. The molecule has 0 radical (unpaired) electrons. The molecule has 9 heteroatoms. The van der Waals surface area contributed by atoms with Crippen molar-refractivity contribution in [3.63, 3.8) is 0 Å². The van der Waals surface area contributed by atoms with E-state index < -0.39 is 17.5 Å². The summed E-state index contributed by atoms with van der Waals surface area (Å²) in [6, 6.07) is 15.6. The number of carbonyl (C=O) groups excluding carboxylic acids is 2. The highest BCUT2D eigenvalue weighted by molar-refractivity contribution is 6.12. The molecule has 40 heavy (non-hydrogen) atoms. The Labute approximate surface area is 228 Å². The Hall–Kier alpha value is -4.92. The van der Waals surface area contributed by atoms with Gasteiger partial charge in [0.25, 0.3) is 11.8 Å². The van der Waals surface area contributed by atoms with E-state index in [2.05, 4.69) is 15.5 Å². The van der Waals surface area contributed by atoms with Crippen LogP contribution in [-0.4, -0.2) is 35.1 Å². The molecule has 5 aromatic rings. The number of rotatable bonds is 6. The van der Waals surface area contributed by atoms with Gasteiger partial charge in [0, 0.05) is 29.8 Å². The first-order valence-corrected chi connectivity index (χ1v) is 12.8. The maximum atomic E-state index is 16.4. The van der Waals surface area contributed by atoms with Crippen LogP contribution in [0.15, 0.2) is 77.5 Å². The average molecular weight is 539 g/mol. The number of anilines is 1. The van der Waals surface area contributed by atoms with Crippen LogP contribution in [0.2, 0.25) is 0 Å². The Bertz CT molecular complexity index is 1760. The molecular weight excluding hydrogens is 514 g/mol. The van der Waals surface area contributed by atoms with Gasteiger partial charge in [-0.1, -0.05) is 6.07 Å². The smallest absolute Gasteiger partial charge is 0.258 e. The number of amides is 2. The van der Waals surface area contributed by atoms with Crippen LogP contribution in [-0.2, 0) is 0 Å². The Kier molecular flexibility index (Phi) is 6.34. The fourth-order valence-corrected chi connectivity index (χ4v) is 4.94. The molecule has 1 N–H and O–H groups in total. The molecule has 0 bridgehead atoms. The van der Waals surface area contributed by atoms with Gasteiger partial charge in [-0.3, -0.25) is 9.59 Å². The SMILES string of the molecule is CNC(=O)c1c(-c2ccc(F)cc2)oc2ccc(-c3cc(C(=O)N(c4ccnnc4)C4CC4)ccc3C)c(F)c12. The first-order valence-electron chi connectivity index (χ1n) is 12.8. The monoisotopic (exact) mass is 538 g/mol. The molecular formula is C31H24F2N4O3. The number of benzene rings is 3. The van der Waals surface area contributed by atoms with E-state index in [1.165, 1.54) is 37.5 Å². The number of aryl methyl sites for hydroxylation is 1. The minimum Gasteiger partial charge on any atom is -0.455 e. The third-order valence-electron chi connectivity index (χ3n) is 7.11. The number of aromatic nitrogens is 2.